The quantitative estimate of drug-likeness (QED) is 0.630. The Morgan fingerprint density at radius 2 is 1.38 bits per heavy atom. The maximum atomic E-state index is 12.3. The van der Waals surface area contributed by atoms with Crippen molar-refractivity contribution in [3.63, 3.8) is 0 Å². The molecule has 0 aromatic heterocycles. The third-order valence-electron chi connectivity index (χ3n) is 5.52. The van der Waals surface area contributed by atoms with Crippen molar-refractivity contribution in [1.82, 2.24) is 0 Å². The van der Waals surface area contributed by atoms with Gasteiger partial charge < -0.3 is 4.74 Å². The van der Waals surface area contributed by atoms with Gasteiger partial charge in [-0.2, -0.15) is 13.2 Å². The van der Waals surface area contributed by atoms with Crippen LogP contribution in [0.1, 0.15) is 71.1 Å². The van der Waals surface area contributed by atoms with E-state index in [4.69, 9.17) is 4.74 Å². The van der Waals surface area contributed by atoms with Gasteiger partial charge >= 0.3 is 6.18 Å². The first-order valence-corrected chi connectivity index (χ1v) is 8.66. The summed E-state index contributed by atoms with van der Waals surface area (Å²) in [5, 5.41) is 0. The smallest absolute Gasteiger partial charge is 0.379 e. The van der Waals surface area contributed by atoms with Crippen molar-refractivity contribution < 1.29 is 17.9 Å². The van der Waals surface area contributed by atoms with E-state index >= 15 is 0 Å². The van der Waals surface area contributed by atoms with Crippen LogP contribution in [0, 0.1) is 17.8 Å². The van der Waals surface area contributed by atoms with Crippen LogP contribution in [0.5, 0.6) is 0 Å². The van der Waals surface area contributed by atoms with E-state index in [1.807, 2.05) is 6.92 Å². The monoisotopic (exact) mass is 306 g/mol. The predicted octanol–water partition coefficient (Wildman–Crippen LogP) is 5.73. The molecule has 0 heterocycles. The number of alkyl halides is 3. The summed E-state index contributed by atoms with van der Waals surface area (Å²) in [5.74, 6) is 1.86. The van der Waals surface area contributed by atoms with E-state index < -0.39 is 12.6 Å². The third kappa shape index (κ3) is 5.80. The number of hydrogen-bond donors (Lipinski definition) is 0. The normalized spacial score (nSPS) is 34.9. The van der Waals surface area contributed by atoms with Crippen LogP contribution in [0.4, 0.5) is 13.2 Å². The van der Waals surface area contributed by atoms with Crippen LogP contribution >= 0.6 is 0 Å². The topological polar surface area (TPSA) is 9.23 Å². The molecule has 2 fully saturated rings. The molecule has 0 aromatic carbocycles. The average molecular weight is 306 g/mol. The van der Waals surface area contributed by atoms with Gasteiger partial charge in [-0.3, -0.25) is 0 Å². The molecule has 2 rings (SSSR count). The molecule has 0 N–H and O–H groups in total. The van der Waals surface area contributed by atoms with Crippen LogP contribution in [0.15, 0.2) is 0 Å². The molecule has 1 nitrogen and oxygen atoms in total. The molecule has 0 bridgehead atoms. The fourth-order valence-corrected chi connectivity index (χ4v) is 4.28. The van der Waals surface area contributed by atoms with Crippen molar-refractivity contribution >= 4 is 0 Å². The summed E-state index contributed by atoms with van der Waals surface area (Å²) in [4.78, 5) is 0. The minimum Gasteiger partial charge on any atom is -0.379 e. The van der Waals surface area contributed by atoms with E-state index in [0.29, 0.717) is 18.4 Å². The highest BCUT2D eigenvalue weighted by Gasteiger charge is 2.33. The molecule has 0 spiro atoms. The van der Waals surface area contributed by atoms with Gasteiger partial charge in [0.2, 0.25) is 0 Å². The van der Waals surface area contributed by atoms with E-state index in [2.05, 4.69) is 0 Å². The summed E-state index contributed by atoms with van der Waals surface area (Å²) in [6.45, 7) is 2.86. The standard InChI is InChI=1S/C17H29F3O/c1-2-21-16-9-7-15(8-10-16)14-5-3-13(4-6-14)11-12-17(18,19)20/h13-16H,2-12H2,1H3. The predicted molar refractivity (Wildman–Crippen MR) is 78.1 cm³/mol. The molecular weight excluding hydrogens is 277 g/mol. The highest BCUT2D eigenvalue weighted by atomic mass is 19.4. The Bertz CT molecular complexity index is 287. The van der Waals surface area contributed by atoms with E-state index in [9.17, 15) is 13.2 Å². The minimum atomic E-state index is -3.98. The van der Waals surface area contributed by atoms with Crippen molar-refractivity contribution in [2.75, 3.05) is 6.61 Å². The van der Waals surface area contributed by atoms with Crippen molar-refractivity contribution in [1.29, 1.82) is 0 Å². The lowest BCUT2D eigenvalue weighted by Gasteiger charge is -2.37. The van der Waals surface area contributed by atoms with E-state index in [1.165, 1.54) is 25.7 Å². The second-order valence-electron chi connectivity index (χ2n) is 6.93. The SMILES string of the molecule is CCOC1CCC(C2CCC(CCC(F)(F)F)CC2)CC1. The molecule has 2 aliphatic rings. The van der Waals surface area contributed by atoms with Gasteiger partial charge in [0, 0.05) is 13.0 Å². The molecule has 0 atom stereocenters. The summed E-state index contributed by atoms with van der Waals surface area (Å²) >= 11 is 0. The molecule has 2 saturated carbocycles. The molecule has 0 saturated heterocycles. The highest BCUT2D eigenvalue weighted by Crippen LogP contribution is 2.42. The molecular formula is C17H29F3O. The Kier molecular flexibility index (Phi) is 6.39. The second kappa shape index (κ2) is 7.85. The largest absolute Gasteiger partial charge is 0.389 e. The molecule has 0 aliphatic heterocycles. The van der Waals surface area contributed by atoms with Crippen molar-refractivity contribution in [3.8, 4) is 0 Å². The van der Waals surface area contributed by atoms with Gasteiger partial charge in [0.1, 0.15) is 0 Å². The Morgan fingerprint density at radius 3 is 1.86 bits per heavy atom. The molecule has 0 amide bonds. The van der Waals surface area contributed by atoms with E-state index in [1.54, 1.807) is 0 Å². The zero-order valence-electron chi connectivity index (χ0n) is 13.1. The van der Waals surface area contributed by atoms with Gasteiger partial charge in [-0.05, 0) is 69.6 Å². The molecule has 2 aliphatic carbocycles. The lowest BCUT2D eigenvalue weighted by atomic mass is 9.70. The Labute approximate surface area is 126 Å². The first kappa shape index (κ1) is 17.1. The van der Waals surface area contributed by atoms with Crippen molar-refractivity contribution in [2.45, 2.75) is 83.4 Å². The fraction of sp³-hybridized carbons (Fsp3) is 1.00. The zero-order chi connectivity index (χ0) is 15.3. The van der Waals surface area contributed by atoms with Crippen LogP contribution in [0.25, 0.3) is 0 Å². The molecule has 0 aromatic rings. The summed E-state index contributed by atoms with van der Waals surface area (Å²) < 4.78 is 42.5. The fourth-order valence-electron chi connectivity index (χ4n) is 4.28. The lowest BCUT2D eigenvalue weighted by molar-refractivity contribution is -0.138. The number of hydrogen-bond acceptors (Lipinski definition) is 1. The third-order valence-corrected chi connectivity index (χ3v) is 5.52. The Morgan fingerprint density at radius 1 is 0.857 bits per heavy atom. The Hall–Kier alpha value is -0.250. The van der Waals surface area contributed by atoms with Crippen LogP contribution in [0.3, 0.4) is 0 Å². The van der Waals surface area contributed by atoms with Crippen molar-refractivity contribution in [2.24, 2.45) is 17.8 Å². The van der Waals surface area contributed by atoms with E-state index in [-0.39, 0.29) is 0 Å². The average Bonchev–Trinajstić information content (AvgIpc) is 2.46. The van der Waals surface area contributed by atoms with Crippen LogP contribution < -0.4 is 0 Å². The van der Waals surface area contributed by atoms with Crippen molar-refractivity contribution in [3.05, 3.63) is 0 Å². The van der Waals surface area contributed by atoms with Gasteiger partial charge in [-0.15, -0.1) is 0 Å². The second-order valence-corrected chi connectivity index (χ2v) is 6.93. The summed E-state index contributed by atoms with van der Waals surface area (Å²) in [5.41, 5.74) is 0. The van der Waals surface area contributed by atoms with Gasteiger partial charge in [0.15, 0.2) is 0 Å². The molecule has 0 unspecified atom stereocenters. The Balaban J connectivity index is 1.65. The van der Waals surface area contributed by atoms with Crippen LogP contribution in [-0.4, -0.2) is 18.9 Å². The zero-order valence-corrected chi connectivity index (χ0v) is 13.1. The maximum absolute atomic E-state index is 12.3. The van der Waals surface area contributed by atoms with Gasteiger partial charge in [-0.25, -0.2) is 0 Å². The molecule has 4 heteroatoms. The number of rotatable bonds is 5. The molecule has 21 heavy (non-hydrogen) atoms. The first-order chi connectivity index (χ1) is 9.98. The summed E-state index contributed by atoms with van der Waals surface area (Å²) in [6, 6.07) is 0. The van der Waals surface area contributed by atoms with E-state index in [0.717, 1.165) is 44.1 Å². The van der Waals surface area contributed by atoms with Crippen LogP contribution in [-0.2, 0) is 4.74 Å². The van der Waals surface area contributed by atoms with Crippen LogP contribution in [0.2, 0.25) is 0 Å². The molecule has 0 radical (unpaired) electrons. The lowest BCUT2D eigenvalue weighted by Crippen LogP contribution is -2.28. The first-order valence-electron chi connectivity index (χ1n) is 8.66. The summed E-state index contributed by atoms with van der Waals surface area (Å²) in [6.07, 6.45) is 5.37. The maximum Gasteiger partial charge on any atom is 0.389 e. The number of halogens is 3. The number of ether oxygens (including phenoxy) is 1. The van der Waals surface area contributed by atoms with Gasteiger partial charge in [0.05, 0.1) is 6.10 Å². The molecule has 124 valence electrons. The van der Waals surface area contributed by atoms with Gasteiger partial charge in [-0.1, -0.05) is 12.8 Å². The minimum absolute atomic E-state index is 0.308. The highest BCUT2D eigenvalue weighted by molar-refractivity contribution is 4.82. The van der Waals surface area contributed by atoms with Gasteiger partial charge in [0.25, 0.3) is 0 Å². The summed E-state index contributed by atoms with van der Waals surface area (Å²) in [7, 11) is 0.